The third-order valence-electron chi connectivity index (χ3n) is 7.47. The first-order valence-electron chi connectivity index (χ1n) is 10.7. The third-order valence-corrected chi connectivity index (χ3v) is 7.47. The highest BCUT2D eigenvalue weighted by Gasteiger charge is 2.70. The minimum atomic E-state index is -4.61. The van der Waals surface area contributed by atoms with E-state index in [1.807, 2.05) is 0 Å². The number of hydrogen-bond donors (Lipinski definition) is 0. The SMILES string of the molecule is O=C1[C@@H]2[C@H]3C[C@@H]([C@@H]4C(c5cccc([N+](=O)[O-])c5)=NO[C@@H]34)[C@@H]2C(=O)N1c1cccc(C(F)(F)F)c1. The van der Waals surface area contributed by atoms with Crippen molar-refractivity contribution in [1.82, 2.24) is 0 Å². The number of fused-ring (bicyclic) bond motifs is 8. The number of benzene rings is 2. The highest BCUT2D eigenvalue weighted by Crippen LogP contribution is 2.62. The molecule has 3 fully saturated rings. The Morgan fingerprint density at radius 2 is 1.71 bits per heavy atom. The lowest BCUT2D eigenvalue weighted by atomic mass is 9.71. The van der Waals surface area contributed by atoms with Crippen LogP contribution in [0.25, 0.3) is 0 Å². The van der Waals surface area contributed by atoms with E-state index in [0.717, 1.165) is 17.0 Å². The van der Waals surface area contributed by atoms with Crippen molar-refractivity contribution in [1.29, 1.82) is 0 Å². The van der Waals surface area contributed by atoms with E-state index in [0.29, 0.717) is 17.7 Å². The second kappa shape index (κ2) is 6.87. The monoisotopic (exact) mass is 471 g/mol. The standard InChI is InChI=1S/C23H16F3N3O5/c24-23(25,26)11-4-2-5-12(8-11)28-21(30)16-14-9-15(17(16)22(28)31)20-18(14)19(27-34-20)10-3-1-6-13(7-10)29(32)33/h1-8,14-18,20H,9H2/t14-,15-,16+,17-,18-,20+/m1/s1. The van der Waals surface area contributed by atoms with Gasteiger partial charge in [-0.25, -0.2) is 0 Å². The number of alkyl halides is 3. The zero-order chi connectivity index (χ0) is 23.9. The Hall–Kier alpha value is -3.76. The van der Waals surface area contributed by atoms with Crippen LogP contribution in [0, 0.1) is 39.7 Å². The van der Waals surface area contributed by atoms with Crippen LogP contribution in [-0.2, 0) is 20.6 Å². The van der Waals surface area contributed by atoms with Crippen LogP contribution in [0.1, 0.15) is 17.5 Å². The topological polar surface area (TPSA) is 102 Å². The number of nitro benzene ring substituents is 1. The number of rotatable bonds is 3. The van der Waals surface area contributed by atoms with Gasteiger partial charge in [0.2, 0.25) is 11.8 Å². The van der Waals surface area contributed by atoms with Crippen LogP contribution in [0.4, 0.5) is 24.5 Å². The van der Waals surface area contributed by atoms with E-state index >= 15 is 0 Å². The number of nitrogens with zero attached hydrogens (tertiary/aromatic N) is 3. The molecule has 2 aliphatic heterocycles. The Morgan fingerprint density at radius 1 is 1.00 bits per heavy atom. The van der Waals surface area contributed by atoms with Crippen molar-refractivity contribution in [3.8, 4) is 0 Å². The average Bonchev–Trinajstić information content (AvgIpc) is 3.53. The lowest BCUT2D eigenvalue weighted by molar-refractivity contribution is -0.384. The maximum Gasteiger partial charge on any atom is 0.416 e. The minimum absolute atomic E-state index is 0.0997. The summed E-state index contributed by atoms with van der Waals surface area (Å²) in [6.07, 6.45) is -4.52. The fourth-order valence-electron chi connectivity index (χ4n) is 6.22. The van der Waals surface area contributed by atoms with Crippen molar-refractivity contribution in [2.75, 3.05) is 4.90 Å². The molecule has 4 aliphatic rings. The molecule has 6 rings (SSSR count). The number of nitro groups is 1. The molecule has 2 heterocycles. The fourth-order valence-corrected chi connectivity index (χ4v) is 6.22. The number of halogens is 3. The first-order chi connectivity index (χ1) is 16.2. The van der Waals surface area contributed by atoms with Crippen LogP contribution in [0.15, 0.2) is 53.7 Å². The molecule has 6 atom stereocenters. The van der Waals surface area contributed by atoms with Crippen molar-refractivity contribution in [3.63, 3.8) is 0 Å². The van der Waals surface area contributed by atoms with Crippen molar-refractivity contribution < 1.29 is 32.5 Å². The molecule has 0 unspecified atom stereocenters. The Kier molecular flexibility index (Phi) is 4.21. The van der Waals surface area contributed by atoms with Gasteiger partial charge in [0.1, 0.15) is 6.10 Å². The molecule has 2 bridgehead atoms. The number of carbonyl (C=O) groups is 2. The lowest BCUT2D eigenvalue weighted by Crippen LogP contribution is -2.41. The van der Waals surface area contributed by atoms with Gasteiger partial charge in [-0.15, -0.1) is 0 Å². The van der Waals surface area contributed by atoms with Gasteiger partial charge in [-0.05, 0) is 30.5 Å². The number of oxime groups is 1. The van der Waals surface area contributed by atoms with Crippen molar-refractivity contribution in [2.45, 2.75) is 18.7 Å². The molecule has 1 saturated heterocycles. The van der Waals surface area contributed by atoms with Crippen LogP contribution >= 0.6 is 0 Å². The number of carbonyl (C=O) groups excluding carboxylic acids is 2. The summed E-state index contributed by atoms with van der Waals surface area (Å²) in [4.78, 5) is 43.8. The van der Waals surface area contributed by atoms with E-state index in [2.05, 4.69) is 5.16 Å². The number of amides is 2. The van der Waals surface area contributed by atoms with Gasteiger partial charge in [0.15, 0.2) is 0 Å². The van der Waals surface area contributed by atoms with E-state index in [-0.39, 0.29) is 29.1 Å². The molecule has 8 nitrogen and oxygen atoms in total. The van der Waals surface area contributed by atoms with Crippen LogP contribution in [-0.4, -0.2) is 28.6 Å². The highest BCUT2D eigenvalue weighted by atomic mass is 19.4. The summed E-state index contributed by atoms with van der Waals surface area (Å²) in [6.45, 7) is 0. The normalized spacial score (nSPS) is 31.4. The molecule has 174 valence electrons. The summed E-state index contributed by atoms with van der Waals surface area (Å²) in [6, 6.07) is 10.2. The van der Waals surface area contributed by atoms with Crippen LogP contribution in [0.3, 0.4) is 0 Å². The fraction of sp³-hybridized carbons (Fsp3) is 0.348. The number of imide groups is 1. The predicted molar refractivity (Wildman–Crippen MR) is 111 cm³/mol. The van der Waals surface area contributed by atoms with Gasteiger partial charge in [0, 0.05) is 29.5 Å². The third kappa shape index (κ3) is 2.75. The first-order valence-corrected chi connectivity index (χ1v) is 10.7. The van der Waals surface area contributed by atoms with Crippen LogP contribution < -0.4 is 4.90 Å². The van der Waals surface area contributed by atoms with Crippen LogP contribution in [0.2, 0.25) is 0 Å². The van der Waals surface area contributed by atoms with E-state index in [9.17, 15) is 32.9 Å². The number of non-ortho nitro benzene ring substituents is 1. The maximum atomic E-state index is 13.4. The van der Waals surface area contributed by atoms with Crippen LogP contribution in [0.5, 0.6) is 0 Å². The molecule has 0 aromatic heterocycles. The minimum Gasteiger partial charge on any atom is -0.391 e. The van der Waals surface area contributed by atoms with Crippen molar-refractivity contribution in [3.05, 3.63) is 69.8 Å². The van der Waals surface area contributed by atoms with E-state index in [1.165, 1.54) is 24.3 Å². The molecule has 11 heteroatoms. The van der Waals surface area contributed by atoms with Gasteiger partial charge in [-0.2, -0.15) is 13.2 Å². The number of hydrogen-bond acceptors (Lipinski definition) is 6. The Morgan fingerprint density at radius 3 is 2.41 bits per heavy atom. The quantitative estimate of drug-likeness (QED) is 0.385. The van der Waals surface area contributed by atoms with Gasteiger partial charge in [0.05, 0.1) is 33.7 Å². The zero-order valence-electron chi connectivity index (χ0n) is 17.3. The summed E-state index contributed by atoms with van der Waals surface area (Å²) < 4.78 is 39.6. The predicted octanol–water partition coefficient (Wildman–Crippen LogP) is 3.79. The molecule has 34 heavy (non-hydrogen) atoms. The van der Waals surface area contributed by atoms with E-state index in [4.69, 9.17) is 4.84 Å². The molecule has 0 N–H and O–H groups in total. The summed E-state index contributed by atoms with van der Waals surface area (Å²) in [5.41, 5.74) is -0.134. The van der Waals surface area contributed by atoms with Gasteiger partial charge >= 0.3 is 6.18 Å². The summed E-state index contributed by atoms with van der Waals surface area (Å²) >= 11 is 0. The Balaban J connectivity index is 1.33. The molecule has 2 aliphatic carbocycles. The average molecular weight is 471 g/mol. The molecular weight excluding hydrogens is 455 g/mol. The Bertz CT molecular complexity index is 1290. The first kappa shape index (κ1) is 20.8. The van der Waals surface area contributed by atoms with Gasteiger partial charge in [-0.3, -0.25) is 24.6 Å². The Labute approximate surface area is 190 Å². The molecule has 0 radical (unpaired) electrons. The molecule has 2 saturated carbocycles. The molecule has 2 amide bonds. The maximum absolute atomic E-state index is 13.4. The van der Waals surface area contributed by atoms with Gasteiger partial charge < -0.3 is 4.84 Å². The van der Waals surface area contributed by atoms with E-state index < -0.39 is 46.4 Å². The summed E-state index contributed by atoms with van der Waals surface area (Å²) in [7, 11) is 0. The summed E-state index contributed by atoms with van der Waals surface area (Å²) in [5, 5.41) is 15.3. The second-order valence-corrected chi connectivity index (χ2v) is 9.05. The molecule has 2 aromatic rings. The van der Waals surface area contributed by atoms with E-state index in [1.54, 1.807) is 12.1 Å². The summed E-state index contributed by atoms with van der Waals surface area (Å²) in [5.74, 6) is -3.36. The molecular formula is C23H16F3N3O5. The van der Waals surface area contributed by atoms with Crippen molar-refractivity contribution in [2.24, 2.45) is 34.7 Å². The highest BCUT2D eigenvalue weighted by molar-refractivity contribution is 6.23. The number of anilines is 1. The van der Waals surface area contributed by atoms with Gasteiger partial charge in [0.25, 0.3) is 5.69 Å². The lowest BCUT2D eigenvalue weighted by Gasteiger charge is -2.29. The molecule has 0 spiro atoms. The largest absolute Gasteiger partial charge is 0.416 e. The smallest absolute Gasteiger partial charge is 0.391 e. The van der Waals surface area contributed by atoms with Gasteiger partial charge in [-0.1, -0.05) is 23.4 Å². The molecule has 2 aromatic carbocycles. The van der Waals surface area contributed by atoms with Crippen molar-refractivity contribution >= 4 is 28.9 Å². The second-order valence-electron chi connectivity index (χ2n) is 9.05. The zero-order valence-corrected chi connectivity index (χ0v) is 17.3.